The summed E-state index contributed by atoms with van der Waals surface area (Å²) in [5.41, 5.74) is 0. The summed E-state index contributed by atoms with van der Waals surface area (Å²) >= 11 is 0. The van der Waals surface area contributed by atoms with Gasteiger partial charge in [-0.25, -0.2) is 0 Å². The molecule has 2 atom stereocenters. The van der Waals surface area contributed by atoms with Crippen LogP contribution in [-0.2, 0) is 0 Å². The number of rotatable bonds is 0. The van der Waals surface area contributed by atoms with Crippen LogP contribution in [0, 0.1) is 0 Å². The molecule has 0 aromatic carbocycles. The summed E-state index contributed by atoms with van der Waals surface area (Å²) in [4.78, 5) is 0. The van der Waals surface area contributed by atoms with E-state index in [0.29, 0.717) is 12.1 Å². The van der Waals surface area contributed by atoms with Crippen LogP contribution in [0.25, 0.3) is 0 Å². The van der Waals surface area contributed by atoms with Gasteiger partial charge in [0.25, 0.3) is 0 Å². The first-order valence-electron chi connectivity index (χ1n) is 3.73. The predicted octanol–water partition coefficient (Wildman–Crippen LogP) is 0.752. The maximum atomic E-state index is 4.36. The molecule has 0 saturated heterocycles. The molecule has 0 bridgehead atoms. The lowest BCUT2D eigenvalue weighted by Gasteiger charge is -2.30. The molecule has 0 fully saturated rings. The van der Waals surface area contributed by atoms with Crippen molar-refractivity contribution in [3.05, 3.63) is 24.6 Å². The second-order valence-corrected chi connectivity index (χ2v) is 2.75. The summed E-state index contributed by atoms with van der Waals surface area (Å²) in [6, 6.07) is 1.06. The van der Waals surface area contributed by atoms with Crippen LogP contribution >= 0.6 is 0 Å². The van der Waals surface area contributed by atoms with Gasteiger partial charge in [-0.3, -0.25) is 5.32 Å². The second kappa shape index (κ2) is 2.37. The Balaban J connectivity index is 2.09. The molecule has 1 N–H and O–H groups in total. The molecular formula is C8H11N2. The average Bonchev–Trinajstić information content (AvgIpc) is 2.05. The molecule has 0 spiro atoms. The Labute approximate surface area is 61.0 Å². The lowest BCUT2D eigenvalue weighted by atomic mass is 9.97. The number of fused-ring (bicyclic) bond motifs is 1. The molecule has 2 heterocycles. The van der Waals surface area contributed by atoms with Crippen LogP contribution in [0.1, 0.15) is 12.8 Å². The van der Waals surface area contributed by atoms with Gasteiger partial charge in [0.2, 0.25) is 0 Å². The van der Waals surface area contributed by atoms with E-state index in [9.17, 15) is 0 Å². The Morgan fingerprint density at radius 1 is 1.30 bits per heavy atom. The number of hydrogen-bond acceptors (Lipinski definition) is 1. The largest absolute Gasteiger partial charge is 0.386 e. The van der Waals surface area contributed by atoms with Gasteiger partial charge in [0.15, 0.2) is 0 Å². The fraction of sp³-hybridized carbons (Fsp3) is 0.500. The molecule has 2 rings (SSSR count). The molecule has 0 aromatic rings. The molecule has 1 radical (unpaired) electrons. The predicted molar refractivity (Wildman–Crippen MR) is 40.4 cm³/mol. The minimum atomic E-state index is 0.495. The third-order valence-electron chi connectivity index (χ3n) is 2.04. The zero-order chi connectivity index (χ0) is 6.81. The van der Waals surface area contributed by atoms with Crippen molar-refractivity contribution in [3.8, 4) is 0 Å². The molecule has 0 aliphatic carbocycles. The fourth-order valence-corrected chi connectivity index (χ4v) is 1.44. The van der Waals surface area contributed by atoms with E-state index < -0.39 is 0 Å². The van der Waals surface area contributed by atoms with Crippen molar-refractivity contribution in [2.24, 2.45) is 0 Å². The zero-order valence-corrected chi connectivity index (χ0v) is 5.83. The molecule has 0 saturated carbocycles. The Hall–Kier alpha value is -0.920. The van der Waals surface area contributed by atoms with Crippen LogP contribution in [-0.4, -0.2) is 12.1 Å². The Morgan fingerprint density at radius 3 is 3.20 bits per heavy atom. The molecule has 2 nitrogen and oxygen atoms in total. The zero-order valence-electron chi connectivity index (χ0n) is 5.83. The summed E-state index contributed by atoms with van der Waals surface area (Å²) in [5, 5.41) is 7.65. The Kier molecular flexibility index (Phi) is 1.38. The third kappa shape index (κ3) is 0.897. The molecule has 0 amide bonds. The highest BCUT2D eigenvalue weighted by atomic mass is 15.0. The lowest BCUT2D eigenvalue weighted by Crippen LogP contribution is -2.44. The van der Waals surface area contributed by atoms with Gasteiger partial charge < -0.3 is 5.32 Å². The summed E-state index contributed by atoms with van der Waals surface area (Å²) in [6.45, 7) is 0. The van der Waals surface area contributed by atoms with Crippen molar-refractivity contribution in [2.45, 2.75) is 24.9 Å². The van der Waals surface area contributed by atoms with Gasteiger partial charge in [-0.15, -0.1) is 0 Å². The van der Waals surface area contributed by atoms with E-state index in [0.717, 1.165) is 12.8 Å². The number of nitrogens with zero attached hydrogens (tertiary/aromatic N) is 1. The van der Waals surface area contributed by atoms with Gasteiger partial charge in [0.1, 0.15) is 0 Å². The minimum absolute atomic E-state index is 0.495. The molecular weight excluding hydrogens is 124 g/mol. The van der Waals surface area contributed by atoms with Gasteiger partial charge in [-0.1, -0.05) is 12.2 Å². The van der Waals surface area contributed by atoms with Crippen LogP contribution in [0.3, 0.4) is 0 Å². The molecule has 2 aliphatic rings. The van der Waals surface area contributed by atoms with Gasteiger partial charge >= 0.3 is 0 Å². The van der Waals surface area contributed by atoms with Gasteiger partial charge in [-0.05, 0) is 19.0 Å². The van der Waals surface area contributed by atoms with Crippen molar-refractivity contribution in [1.82, 2.24) is 10.6 Å². The fourth-order valence-electron chi connectivity index (χ4n) is 1.44. The molecule has 0 aromatic heterocycles. The van der Waals surface area contributed by atoms with E-state index in [4.69, 9.17) is 0 Å². The first-order chi connectivity index (χ1) is 4.97. The van der Waals surface area contributed by atoms with Crippen molar-refractivity contribution in [3.63, 3.8) is 0 Å². The van der Waals surface area contributed by atoms with E-state index in [1.54, 1.807) is 0 Å². The SMILES string of the molecule is C1=CNC2CC=C[N]C2C1. The van der Waals surface area contributed by atoms with E-state index in [2.05, 4.69) is 22.8 Å². The van der Waals surface area contributed by atoms with Crippen LogP contribution in [0.4, 0.5) is 0 Å². The molecule has 2 aliphatic heterocycles. The second-order valence-electron chi connectivity index (χ2n) is 2.75. The standard InChI is InChI=1S/C8H11N2/c1-3-7-8(9-5-1)4-2-6-10-7/h1-2,5-9H,3-4H2. The normalized spacial score (nSPS) is 36.0. The first kappa shape index (κ1) is 5.83. The topological polar surface area (TPSA) is 26.1 Å². The monoisotopic (exact) mass is 135 g/mol. The van der Waals surface area contributed by atoms with Crippen LogP contribution < -0.4 is 10.6 Å². The van der Waals surface area contributed by atoms with Crippen molar-refractivity contribution >= 4 is 0 Å². The van der Waals surface area contributed by atoms with Crippen LogP contribution in [0.2, 0.25) is 0 Å². The smallest absolute Gasteiger partial charge is 0.0738 e. The highest BCUT2D eigenvalue weighted by molar-refractivity contribution is 5.06. The van der Waals surface area contributed by atoms with E-state index in [1.807, 2.05) is 12.4 Å². The van der Waals surface area contributed by atoms with Gasteiger partial charge in [0, 0.05) is 6.20 Å². The number of nitrogens with one attached hydrogen (secondary N) is 1. The Morgan fingerprint density at radius 2 is 2.30 bits per heavy atom. The highest BCUT2D eigenvalue weighted by Gasteiger charge is 2.22. The molecule has 10 heavy (non-hydrogen) atoms. The van der Waals surface area contributed by atoms with E-state index in [-0.39, 0.29) is 0 Å². The van der Waals surface area contributed by atoms with E-state index >= 15 is 0 Å². The molecule has 2 unspecified atom stereocenters. The summed E-state index contributed by atoms with van der Waals surface area (Å²) in [6.07, 6.45) is 10.5. The quantitative estimate of drug-likeness (QED) is 0.521. The summed E-state index contributed by atoms with van der Waals surface area (Å²) in [7, 11) is 0. The third-order valence-corrected chi connectivity index (χ3v) is 2.04. The highest BCUT2D eigenvalue weighted by Crippen LogP contribution is 2.14. The number of hydrogen-bond donors (Lipinski definition) is 1. The van der Waals surface area contributed by atoms with Crippen LogP contribution in [0.15, 0.2) is 24.6 Å². The maximum Gasteiger partial charge on any atom is 0.0738 e. The maximum absolute atomic E-state index is 4.36. The molecule has 2 heteroatoms. The minimum Gasteiger partial charge on any atom is -0.386 e. The van der Waals surface area contributed by atoms with Crippen LogP contribution in [0.5, 0.6) is 0 Å². The van der Waals surface area contributed by atoms with Crippen molar-refractivity contribution < 1.29 is 0 Å². The molecule has 53 valence electrons. The van der Waals surface area contributed by atoms with Crippen molar-refractivity contribution in [2.75, 3.05) is 0 Å². The van der Waals surface area contributed by atoms with Crippen molar-refractivity contribution in [1.29, 1.82) is 0 Å². The average molecular weight is 135 g/mol. The first-order valence-corrected chi connectivity index (χ1v) is 3.73. The summed E-state index contributed by atoms with van der Waals surface area (Å²) < 4.78 is 0. The van der Waals surface area contributed by atoms with Gasteiger partial charge in [0.05, 0.1) is 12.1 Å². The lowest BCUT2D eigenvalue weighted by molar-refractivity contribution is 0.398. The van der Waals surface area contributed by atoms with E-state index in [1.165, 1.54) is 0 Å². The summed E-state index contributed by atoms with van der Waals surface area (Å²) in [5.74, 6) is 0. The van der Waals surface area contributed by atoms with Gasteiger partial charge in [-0.2, -0.15) is 0 Å². The Bertz CT molecular complexity index is 136.